The number of anilines is 1. The molecule has 0 aliphatic carbocycles. The van der Waals surface area contributed by atoms with E-state index in [-0.39, 0.29) is 40.8 Å². The number of fused-ring (bicyclic) bond motifs is 1. The standard InChI is InChI=1S/C50H64N8O5/c1-30(2)42(55-46(60)63-9)44(59)56-26-10-12-41(56)43-52-36-22-17-33(28-37(36)53-43)40-24-23-39(58(40)35-20-18-34(19-21-35)48(3,4)5)32-15-13-31(14-16-32)38-29-51-45(54-38)50(49(6,7)8)25-11-27-57(50)47(61)62/h13-22,28-30,39-42H,10-12,23-27H2,1-9H3,(H,51,54)(H,52,53)(H,55,60)(H,61,62)/t39?,40?,41-,42-,50+/m0/s1. The van der Waals surface area contributed by atoms with Gasteiger partial charge in [0.1, 0.15) is 23.2 Å². The number of rotatable bonds is 9. The van der Waals surface area contributed by atoms with Crippen molar-refractivity contribution in [2.75, 3.05) is 25.1 Å². The SMILES string of the molecule is COC(=O)N[C@H](C(=O)N1CCC[C@H]1c1nc2ccc(C3CCC(c4ccc(-c5cnc([C@@]6(C(C)(C)C)CCCN6C(=O)O)[nH]5)cc4)N3c3ccc(C(C)(C)C)cc3)cc2[nH]1)C(C)C. The fraction of sp³-hybridized carbons (Fsp3) is 0.500. The smallest absolute Gasteiger partial charge is 0.408 e. The molecule has 63 heavy (non-hydrogen) atoms. The number of likely N-dealkylation sites (tertiary alicyclic amines) is 2. The van der Waals surface area contributed by atoms with Gasteiger partial charge >= 0.3 is 12.2 Å². The molecular formula is C50H64N8O5. The van der Waals surface area contributed by atoms with Crippen molar-refractivity contribution in [1.82, 2.24) is 35.1 Å². The molecule has 3 fully saturated rings. The van der Waals surface area contributed by atoms with Crippen molar-refractivity contribution in [3.05, 3.63) is 101 Å². The Balaban J connectivity index is 1.08. The average Bonchev–Trinajstić information content (AvgIpc) is 4.10. The Bertz CT molecular complexity index is 2460. The van der Waals surface area contributed by atoms with E-state index in [0.717, 1.165) is 72.3 Å². The van der Waals surface area contributed by atoms with Crippen LogP contribution < -0.4 is 10.2 Å². The van der Waals surface area contributed by atoms with E-state index in [4.69, 9.17) is 14.7 Å². The van der Waals surface area contributed by atoms with Crippen molar-refractivity contribution < 1.29 is 24.2 Å². The van der Waals surface area contributed by atoms with Crippen LogP contribution in [0.2, 0.25) is 0 Å². The number of aromatic nitrogens is 4. The first-order valence-corrected chi connectivity index (χ1v) is 22.6. The van der Waals surface area contributed by atoms with Crippen molar-refractivity contribution in [3.63, 3.8) is 0 Å². The first-order valence-electron chi connectivity index (χ1n) is 22.6. The number of carboxylic acid groups (broad SMARTS) is 1. The van der Waals surface area contributed by atoms with E-state index >= 15 is 0 Å². The van der Waals surface area contributed by atoms with E-state index in [1.165, 1.54) is 23.8 Å². The zero-order valence-corrected chi connectivity index (χ0v) is 38.3. The van der Waals surface area contributed by atoms with Gasteiger partial charge in [0.05, 0.1) is 48.2 Å². The molecule has 5 heterocycles. The summed E-state index contributed by atoms with van der Waals surface area (Å²) in [5.41, 5.74) is 7.43. The van der Waals surface area contributed by atoms with Crippen LogP contribution in [-0.4, -0.2) is 79.2 Å². The molecule has 8 rings (SSSR count). The summed E-state index contributed by atoms with van der Waals surface area (Å²) in [6.45, 7) is 17.9. The van der Waals surface area contributed by atoms with Crippen LogP contribution in [0.1, 0.15) is 140 Å². The van der Waals surface area contributed by atoms with Gasteiger partial charge in [0.25, 0.3) is 0 Å². The predicted octanol–water partition coefficient (Wildman–Crippen LogP) is 10.4. The molecule has 5 atom stereocenters. The van der Waals surface area contributed by atoms with Gasteiger partial charge in [0.2, 0.25) is 5.91 Å². The maximum atomic E-state index is 13.9. The van der Waals surface area contributed by atoms with Crippen LogP contribution >= 0.6 is 0 Å². The van der Waals surface area contributed by atoms with Crippen LogP contribution in [0.25, 0.3) is 22.3 Å². The van der Waals surface area contributed by atoms with Crippen LogP contribution in [-0.2, 0) is 20.5 Å². The number of imidazole rings is 2. The summed E-state index contributed by atoms with van der Waals surface area (Å²) in [6, 6.07) is 23.6. The number of H-pyrrole nitrogens is 2. The summed E-state index contributed by atoms with van der Waals surface area (Å²) in [5, 5.41) is 12.9. The molecule has 3 amide bonds. The first-order chi connectivity index (χ1) is 29.9. The highest BCUT2D eigenvalue weighted by Gasteiger charge is 2.55. The largest absolute Gasteiger partial charge is 0.465 e. The molecule has 3 saturated heterocycles. The quantitative estimate of drug-likeness (QED) is 0.114. The molecule has 13 heteroatoms. The van der Waals surface area contributed by atoms with E-state index < -0.39 is 23.8 Å². The Hall–Kier alpha value is -5.85. The van der Waals surface area contributed by atoms with Crippen LogP contribution in [0.4, 0.5) is 15.3 Å². The number of methoxy groups -OCH3 is 1. The van der Waals surface area contributed by atoms with Crippen LogP contribution in [0, 0.1) is 11.3 Å². The highest BCUT2D eigenvalue weighted by atomic mass is 16.5. The molecule has 334 valence electrons. The topological polar surface area (TPSA) is 160 Å². The summed E-state index contributed by atoms with van der Waals surface area (Å²) in [5.74, 6) is 1.21. The lowest BCUT2D eigenvalue weighted by Gasteiger charge is -2.45. The van der Waals surface area contributed by atoms with Gasteiger partial charge in [-0.25, -0.2) is 19.6 Å². The first kappa shape index (κ1) is 43.8. The van der Waals surface area contributed by atoms with E-state index in [9.17, 15) is 19.5 Å². The average molecular weight is 857 g/mol. The molecule has 2 aromatic heterocycles. The second-order valence-electron chi connectivity index (χ2n) is 20.2. The fourth-order valence-corrected chi connectivity index (χ4v) is 10.6. The summed E-state index contributed by atoms with van der Waals surface area (Å²) in [7, 11) is 1.31. The van der Waals surface area contributed by atoms with E-state index in [1.54, 1.807) is 4.90 Å². The van der Waals surface area contributed by atoms with Gasteiger partial charge < -0.3 is 34.9 Å². The van der Waals surface area contributed by atoms with Crippen molar-refractivity contribution in [2.45, 2.75) is 129 Å². The number of nitrogens with one attached hydrogen (secondary N) is 3. The second-order valence-corrected chi connectivity index (χ2v) is 20.2. The molecule has 0 saturated carbocycles. The molecule has 3 aliphatic heterocycles. The molecule has 3 aliphatic rings. The lowest BCUT2D eigenvalue weighted by atomic mass is 9.71. The van der Waals surface area contributed by atoms with Gasteiger partial charge in [0, 0.05) is 18.8 Å². The number of benzene rings is 3. The summed E-state index contributed by atoms with van der Waals surface area (Å²) < 4.78 is 4.83. The highest BCUT2D eigenvalue weighted by molar-refractivity contribution is 5.86. The maximum Gasteiger partial charge on any atom is 0.408 e. The minimum atomic E-state index is -0.914. The van der Waals surface area contributed by atoms with Gasteiger partial charge in [-0.2, -0.15) is 0 Å². The number of aromatic amines is 2. The van der Waals surface area contributed by atoms with Crippen LogP contribution in [0.5, 0.6) is 0 Å². The van der Waals surface area contributed by atoms with Crippen molar-refractivity contribution >= 4 is 34.8 Å². The third-order valence-corrected chi connectivity index (χ3v) is 14.0. The number of hydrogen-bond donors (Lipinski definition) is 4. The normalized spacial score (nSPS) is 22.3. The lowest BCUT2D eigenvalue weighted by Crippen LogP contribution is -2.53. The number of ether oxygens (including phenoxy) is 1. The monoisotopic (exact) mass is 856 g/mol. The predicted molar refractivity (Wildman–Crippen MR) is 245 cm³/mol. The van der Waals surface area contributed by atoms with E-state index in [1.807, 2.05) is 24.9 Å². The van der Waals surface area contributed by atoms with Gasteiger partial charge in [-0.3, -0.25) is 9.69 Å². The van der Waals surface area contributed by atoms with Crippen molar-refractivity contribution in [3.8, 4) is 11.3 Å². The third kappa shape index (κ3) is 8.03. The van der Waals surface area contributed by atoms with Crippen LogP contribution in [0.3, 0.4) is 0 Å². The molecule has 3 aromatic carbocycles. The lowest BCUT2D eigenvalue weighted by molar-refractivity contribution is -0.135. The minimum Gasteiger partial charge on any atom is -0.465 e. The zero-order chi connectivity index (χ0) is 45.0. The number of carbonyl (C=O) groups excluding carboxylic acids is 2. The summed E-state index contributed by atoms with van der Waals surface area (Å²) in [4.78, 5) is 61.5. The zero-order valence-electron chi connectivity index (χ0n) is 38.3. The molecular weight excluding hydrogens is 793 g/mol. The Morgan fingerprint density at radius 3 is 2.17 bits per heavy atom. The molecule has 4 N–H and O–H groups in total. The van der Waals surface area contributed by atoms with E-state index in [0.29, 0.717) is 18.9 Å². The number of alkyl carbamates (subject to hydrolysis) is 1. The Morgan fingerprint density at radius 1 is 0.857 bits per heavy atom. The molecule has 0 radical (unpaired) electrons. The molecule has 13 nitrogen and oxygen atoms in total. The molecule has 0 bridgehead atoms. The highest BCUT2D eigenvalue weighted by Crippen LogP contribution is 2.51. The molecule has 5 aromatic rings. The number of hydrogen-bond acceptors (Lipinski definition) is 7. The second kappa shape index (κ2) is 16.7. The van der Waals surface area contributed by atoms with Gasteiger partial charge in [-0.05, 0) is 102 Å². The van der Waals surface area contributed by atoms with Gasteiger partial charge in [0.15, 0.2) is 0 Å². The summed E-state index contributed by atoms with van der Waals surface area (Å²) >= 11 is 0. The van der Waals surface area contributed by atoms with Gasteiger partial charge in [-0.15, -0.1) is 0 Å². The Morgan fingerprint density at radius 2 is 1.54 bits per heavy atom. The third-order valence-electron chi connectivity index (χ3n) is 14.0. The minimum absolute atomic E-state index is 0.0251. The van der Waals surface area contributed by atoms with E-state index in [2.05, 4.69) is 128 Å². The maximum absolute atomic E-state index is 13.9. The van der Waals surface area contributed by atoms with Crippen LogP contribution in [0.15, 0.2) is 72.9 Å². The summed E-state index contributed by atoms with van der Waals surface area (Å²) in [6.07, 6.45) is 5.36. The van der Waals surface area contributed by atoms with Crippen molar-refractivity contribution in [2.24, 2.45) is 11.3 Å². The number of nitrogens with zero attached hydrogens (tertiary/aromatic N) is 5. The molecule has 2 unspecified atom stereocenters. The Labute approximate surface area is 371 Å². The van der Waals surface area contributed by atoms with Gasteiger partial charge in [-0.1, -0.05) is 97.9 Å². The number of carbonyl (C=O) groups is 3. The number of amides is 3. The molecule has 0 spiro atoms. The van der Waals surface area contributed by atoms with Crippen molar-refractivity contribution in [1.29, 1.82) is 0 Å². The Kier molecular flexibility index (Phi) is 11.6. The fourth-order valence-electron chi connectivity index (χ4n) is 10.6.